The number of nitrogens with zero attached hydrogens (tertiary/aromatic N) is 2. The number of benzene rings is 1. The van der Waals surface area contributed by atoms with Crippen molar-refractivity contribution in [2.45, 2.75) is 32.0 Å². The molecule has 0 radical (unpaired) electrons. The highest BCUT2D eigenvalue weighted by Crippen LogP contribution is 2.31. The van der Waals surface area contributed by atoms with Gasteiger partial charge in [0.1, 0.15) is 0 Å². The summed E-state index contributed by atoms with van der Waals surface area (Å²) >= 11 is 12.1. The van der Waals surface area contributed by atoms with Gasteiger partial charge in [0, 0.05) is 31.5 Å². The predicted molar refractivity (Wildman–Crippen MR) is 83.0 cm³/mol. The summed E-state index contributed by atoms with van der Waals surface area (Å²) in [5, 5.41) is 1.24. The molecule has 0 spiro atoms. The zero-order valence-corrected chi connectivity index (χ0v) is 12.6. The van der Waals surface area contributed by atoms with Crippen molar-refractivity contribution in [1.29, 1.82) is 0 Å². The fourth-order valence-electron chi connectivity index (χ4n) is 2.35. The average Bonchev–Trinajstić information content (AvgIpc) is 3.28. The summed E-state index contributed by atoms with van der Waals surface area (Å²) < 4.78 is 0. The van der Waals surface area contributed by atoms with Gasteiger partial charge in [0.15, 0.2) is 0 Å². The van der Waals surface area contributed by atoms with Gasteiger partial charge in [-0.25, -0.2) is 0 Å². The van der Waals surface area contributed by atoms with Crippen LogP contribution in [0.1, 0.15) is 24.0 Å². The molecule has 1 aromatic heterocycles. The van der Waals surface area contributed by atoms with Gasteiger partial charge < -0.3 is 0 Å². The van der Waals surface area contributed by atoms with Gasteiger partial charge in [0.25, 0.3) is 0 Å². The van der Waals surface area contributed by atoms with E-state index in [0.717, 1.165) is 13.1 Å². The second-order valence-electron chi connectivity index (χ2n) is 5.25. The minimum Gasteiger partial charge on any atom is -0.292 e. The van der Waals surface area contributed by atoms with E-state index in [2.05, 4.69) is 16.0 Å². The molecule has 0 atom stereocenters. The van der Waals surface area contributed by atoms with Crippen LogP contribution in [-0.2, 0) is 13.1 Å². The Morgan fingerprint density at radius 2 is 1.85 bits per heavy atom. The smallest absolute Gasteiger partial charge is 0.0595 e. The maximum atomic E-state index is 6.09. The van der Waals surface area contributed by atoms with Gasteiger partial charge in [-0.05, 0) is 42.2 Å². The molecule has 4 heteroatoms. The van der Waals surface area contributed by atoms with Crippen molar-refractivity contribution in [3.05, 3.63) is 63.9 Å². The van der Waals surface area contributed by atoms with Gasteiger partial charge in [-0.15, -0.1) is 0 Å². The SMILES string of the molecule is Clc1ccc(CN(Cc2cccnc2)C2CC2)cc1Cl. The van der Waals surface area contributed by atoms with Crippen LogP contribution in [0.2, 0.25) is 10.0 Å². The normalized spacial score (nSPS) is 14.8. The molecule has 2 nitrogen and oxygen atoms in total. The first-order valence-electron chi connectivity index (χ1n) is 6.79. The van der Waals surface area contributed by atoms with E-state index in [4.69, 9.17) is 23.2 Å². The van der Waals surface area contributed by atoms with Crippen LogP contribution >= 0.6 is 23.2 Å². The first kappa shape index (κ1) is 13.9. The molecular weight excluding hydrogens is 291 g/mol. The zero-order chi connectivity index (χ0) is 13.9. The number of rotatable bonds is 5. The maximum Gasteiger partial charge on any atom is 0.0595 e. The Hall–Kier alpha value is -1.09. The minimum absolute atomic E-state index is 0.612. The second-order valence-corrected chi connectivity index (χ2v) is 6.06. The Labute approximate surface area is 129 Å². The Morgan fingerprint density at radius 1 is 1.05 bits per heavy atom. The van der Waals surface area contributed by atoms with Crippen molar-refractivity contribution in [1.82, 2.24) is 9.88 Å². The molecule has 0 aliphatic heterocycles. The zero-order valence-electron chi connectivity index (χ0n) is 11.1. The number of hydrogen-bond acceptors (Lipinski definition) is 2. The minimum atomic E-state index is 0.612. The summed E-state index contributed by atoms with van der Waals surface area (Å²) in [6, 6.07) is 10.7. The summed E-state index contributed by atoms with van der Waals surface area (Å²) in [5.41, 5.74) is 2.45. The molecule has 1 heterocycles. The highest BCUT2D eigenvalue weighted by molar-refractivity contribution is 6.42. The second kappa shape index (κ2) is 6.13. The van der Waals surface area contributed by atoms with E-state index in [-0.39, 0.29) is 0 Å². The van der Waals surface area contributed by atoms with Crippen LogP contribution in [0.25, 0.3) is 0 Å². The predicted octanol–water partition coefficient (Wildman–Crippen LogP) is 4.55. The molecule has 104 valence electrons. The molecule has 1 aliphatic rings. The Kier molecular flexibility index (Phi) is 4.25. The van der Waals surface area contributed by atoms with Crippen LogP contribution in [0.5, 0.6) is 0 Å². The molecular formula is C16H16Cl2N2. The number of halogens is 2. The Balaban J connectivity index is 1.72. The third-order valence-corrected chi connectivity index (χ3v) is 4.28. The molecule has 20 heavy (non-hydrogen) atoms. The number of aromatic nitrogens is 1. The van der Waals surface area contributed by atoms with Crippen LogP contribution in [-0.4, -0.2) is 15.9 Å². The average molecular weight is 307 g/mol. The number of hydrogen-bond donors (Lipinski definition) is 0. The van der Waals surface area contributed by atoms with Crippen molar-refractivity contribution in [3.63, 3.8) is 0 Å². The molecule has 1 aromatic carbocycles. The topological polar surface area (TPSA) is 16.1 Å². The van der Waals surface area contributed by atoms with Crippen LogP contribution in [0.15, 0.2) is 42.7 Å². The van der Waals surface area contributed by atoms with Crippen molar-refractivity contribution >= 4 is 23.2 Å². The van der Waals surface area contributed by atoms with E-state index in [0.29, 0.717) is 16.1 Å². The van der Waals surface area contributed by atoms with Gasteiger partial charge in [-0.1, -0.05) is 35.3 Å². The summed E-state index contributed by atoms with van der Waals surface area (Å²) in [5.74, 6) is 0. The van der Waals surface area contributed by atoms with Crippen LogP contribution < -0.4 is 0 Å². The lowest BCUT2D eigenvalue weighted by Crippen LogP contribution is -2.25. The van der Waals surface area contributed by atoms with E-state index in [1.165, 1.54) is 24.0 Å². The van der Waals surface area contributed by atoms with Crippen molar-refractivity contribution in [3.8, 4) is 0 Å². The lowest BCUT2D eigenvalue weighted by atomic mass is 10.2. The lowest BCUT2D eigenvalue weighted by Gasteiger charge is -2.22. The van der Waals surface area contributed by atoms with E-state index in [1.807, 2.05) is 36.7 Å². The lowest BCUT2D eigenvalue weighted by molar-refractivity contribution is 0.245. The largest absolute Gasteiger partial charge is 0.292 e. The molecule has 0 saturated heterocycles. The highest BCUT2D eigenvalue weighted by Gasteiger charge is 2.29. The van der Waals surface area contributed by atoms with E-state index < -0.39 is 0 Å². The molecule has 0 bridgehead atoms. The Morgan fingerprint density at radius 3 is 2.50 bits per heavy atom. The summed E-state index contributed by atoms with van der Waals surface area (Å²) in [6.45, 7) is 1.83. The quantitative estimate of drug-likeness (QED) is 0.805. The van der Waals surface area contributed by atoms with Crippen LogP contribution in [0.4, 0.5) is 0 Å². The van der Waals surface area contributed by atoms with Crippen molar-refractivity contribution in [2.75, 3.05) is 0 Å². The van der Waals surface area contributed by atoms with Crippen LogP contribution in [0.3, 0.4) is 0 Å². The Bertz CT molecular complexity index is 582. The fraction of sp³-hybridized carbons (Fsp3) is 0.312. The standard InChI is InChI=1S/C16H16Cl2N2/c17-15-6-3-12(8-16(15)18)10-20(14-4-5-14)11-13-2-1-7-19-9-13/h1-3,6-9,14H,4-5,10-11H2. The van der Waals surface area contributed by atoms with Gasteiger partial charge in [0.2, 0.25) is 0 Å². The maximum absolute atomic E-state index is 6.09. The first-order chi connectivity index (χ1) is 9.72. The third-order valence-electron chi connectivity index (χ3n) is 3.54. The van der Waals surface area contributed by atoms with E-state index in [9.17, 15) is 0 Å². The van der Waals surface area contributed by atoms with Gasteiger partial charge in [0.05, 0.1) is 10.0 Å². The molecule has 3 rings (SSSR count). The fourth-order valence-corrected chi connectivity index (χ4v) is 2.67. The summed E-state index contributed by atoms with van der Waals surface area (Å²) in [7, 11) is 0. The molecule has 2 aromatic rings. The highest BCUT2D eigenvalue weighted by atomic mass is 35.5. The van der Waals surface area contributed by atoms with Gasteiger partial charge in [-0.3, -0.25) is 9.88 Å². The molecule has 1 fully saturated rings. The molecule has 0 N–H and O–H groups in total. The van der Waals surface area contributed by atoms with E-state index >= 15 is 0 Å². The van der Waals surface area contributed by atoms with Gasteiger partial charge in [-0.2, -0.15) is 0 Å². The van der Waals surface area contributed by atoms with Gasteiger partial charge >= 0.3 is 0 Å². The third kappa shape index (κ3) is 3.51. The molecule has 1 aliphatic carbocycles. The van der Waals surface area contributed by atoms with Crippen molar-refractivity contribution in [2.24, 2.45) is 0 Å². The van der Waals surface area contributed by atoms with Crippen LogP contribution in [0, 0.1) is 0 Å². The molecule has 0 unspecified atom stereocenters. The summed E-state index contributed by atoms with van der Waals surface area (Å²) in [4.78, 5) is 6.67. The molecule has 1 saturated carbocycles. The van der Waals surface area contributed by atoms with E-state index in [1.54, 1.807) is 0 Å². The molecule has 0 amide bonds. The first-order valence-corrected chi connectivity index (χ1v) is 7.55. The monoisotopic (exact) mass is 306 g/mol. The van der Waals surface area contributed by atoms with Crippen molar-refractivity contribution < 1.29 is 0 Å². The number of pyridine rings is 1. The summed E-state index contributed by atoms with van der Waals surface area (Å²) in [6.07, 6.45) is 6.30.